The van der Waals surface area contributed by atoms with Gasteiger partial charge in [-0.05, 0) is 62.3 Å². The highest BCUT2D eigenvalue weighted by Crippen LogP contribution is 2.56. The van der Waals surface area contributed by atoms with Crippen LogP contribution < -0.4 is 5.32 Å². The Bertz CT molecular complexity index is 436. The molecule has 4 bridgehead atoms. The first-order valence-corrected chi connectivity index (χ1v) is 7.11. The van der Waals surface area contributed by atoms with E-state index in [0.717, 1.165) is 23.4 Å². The molecule has 0 saturated heterocycles. The molecule has 0 aliphatic heterocycles. The van der Waals surface area contributed by atoms with Crippen LogP contribution >= 0.6 is 0 Å². The van der Waals surface area contributed by atoms with Crippen molar-refractivity contribution in [3.8, 4) is 0 Å². The van der Waals surface area contributed by atoms with Gasteiger partial charge in [0, 0.05) is 23.5 Å². The zero-order valence-electron chi connectivity index (χ0n) is 10.5. The lowest BCUT2D eigenvalue weighted by atomic mass is 9.53. The van der Waals surface area contributed by atoms with Crippen molar-refractivity contribution in [2.45, 2.75) is 44.1 Å². The Hall–Kier alpha value is -1.12. The first kappa shape index (κ1) is 10.8. The topological polar surface area (TPSA) is 24.9 Å². The lowest BCUT2D eigenvalue weighted by Gasteiger charge is -2.57. The standard InChI is InChI=1S/C15H19FN2/c16-14-6-13(1-2-17-14)18-15-7-10-3-11(8-15)5-12(4-10)9-15/h1-2,6,10-12H,3-5,7-9H2,(H,17,18). The van der Waals surface area contributed by atoms with Crippen LogP contribution in [-0.2, 0) is 0 Å². The number of nitrogens with zero attached hydrogens (tertiary/aromatic N) is 1. The molecule has 0 spiro atoms. The highest BCUT2D eigenvalue weighted by molar-refractivity contribution is 5.45. The van der Waals surface area contributed by atoms with Crippen LogP contribution in [-0.4, -0.2) is 10.5 Å². The molecular weight excluding hydrogens is 227 g/mol. The molecule has 1 aromatic heterocycles. The third-order valence-corrected chi connectivity index (χ3v) is 5.17. The number of hydrogen-bond acceptors (Lipinski definition) is 2. The molecule has 0 radical (unpaired) electrons. The second-order valence-electron chi connectivity index (χ2n) is 6.69. The van der Waals surface area contributed by atoms with E-state index < -0.39 is 0 Å². The van der Waals surface area contributed by atoms with Crippen LogP contribution in [0, 0.1) is 23.7 Å². The van der Waals surface area contributed by atoms with Crippen LogP contribution in [0.15, 0.2) is 18.3 Å². The molecule has 4 aliphatic rings. The Morgan fingerprint density at radius 1 is 1.11 bits per heavy atom. The third kappa shape index (κ3) is 1.72. The van der Waals surface area contributed by atoms with E-state index in [-0.39, 0.29) is 11.5 Å². The molecule has 18 heavy (non-hydrogen) atoms. The van der Waals surface area contributed by atoms with E-state index in [1.54, 1.807) is 6.20 Å². The van der Waals surface area contributed by atoms with Crippen molar-refractivity contribution in [1.29, 1.82) is 0 Å². The van der Waals surface area contributed by atoms with Crippen LogP contribution in [0.25, 0.3) is 0 Å². The van der Waals surface area contributed by atoms with Gasteiger partial charge in [-0.1, -0.05) is 0 Å². The van der Waals surface area contributed by atoms with Crippen molar-refractivity contribution in [2.24, 2.45) is 17.8 Å². The predicted molar refractivity (Wildman–Crippen MR) is 68.7 cm³/mol. The summed E-state index contributed by atoms with van der Waals surface area (Å²) in [7, 11) is 0. The Morgan fingerprint density at radius 3 is 2.28 bits per heavy atom. The first-order chi connectivity index (χ1) is 8.71. The third-order valence-electron chi connectivity index (χ3n) is 5.17. The average molecular weight is 246 g/mol. The van der Waals surface area contributed by atoms with E-state index in [1.807, 2.05) is 6.07 Å². The number of pyridine rings is 1. The Balaban J connectivity index is 1.60. The minimum atomic E-state index is -0.385. The van der Waals surface area contributed by atoms with Gasteiger partial charge in [0.1, 0.15) is 0 Å². The molecule has 0 unspecified atom stereocenters. The fourth-order valence-corrected chi connectivity index (χ4v) is 5.05. The average Bonchev–Trinajstić information content (AvgIpc) is 2.25. The van der Waals surface area contributed by atoms with Gasteiger partial charge in [-0.2, -0.15) is 4.39 Å². The fraction of sp³-hybridized carbons (Fsp3) is 0.667. The maximum Gasteiger partial charge on any atom is 0.214 e. The summed E-state index contributed by atoms with van der Waals surface area (Å²) >= 11 is 0. The van der Waals surface area contributed by atoms with Crippen molar-refractivity contribution < 1.29 is 4.39 Å². The quantitative estimate of drug-likeness (QED) is 0.806. The van der Waals surface area contributed by atoms with Crippen molar-refractivity contribution in [3.63, 3.8) is 0 Å². The molecule has 0 amide bonds. The van der Waals surface area contributed by atoms with Gasteiger partial charge in [0.2, 0.25) is 5.95 Å². The highest BCUT2D eigenvalue weighted by Gasteiger charge is 2.50. The molecule has 3 heteroatoms. The molecule has 5 rings (SSSR count). The fourth-order valence-electron chi connectivity index (χ4n) is 5.05. The predicted octanol–water partition coefficient (Wildman–Crippen LogP) is 3.60. The molecule has 0 atom stereocenters. The van der Waals surface area contributed by atoms with E-state index in [0.29, 0.717) is 0 Å². The normalized spacial score (nSPS) is 41.1. The van der Waals surface area contributed by atoms with Crippen LogP contribution in [0.4, 0.5) is 10.1 Å². The van der Waals surface area contributed by atoms with Crippen LogP contribution in [0.5, 0.6) is 0 Å². The van der Waals surface area contributed by atoms with E-state index in [1.165, 1.54) is 44.6 Å². The number of anilines is 1. The molecule has 1 N–H and O–H groups in total. The summed E-state index contributed by atoms with van der Waals surface area (Å²) in [6.07, 6.45) is 9.70. The summed E-state index contributed by atoms with van der Waals surface area (Å²) in [5.74, 6) is 2.35. The SMILES string of the molecule is Fc1cc(NC23CC4CC(CC(C4)C2)C3)ccn1. The van der Waals surface area contributed by atoms with Gasteiger partial charge < -0.3 is 5.32 Å². The summed E-state index contributed by atoms with van der Waals surface area (Å²) < 4.78 is 13.2. The summed E-state index contributed by atoms with van der Waals surface area (Å²) in [6.45, 7) is 0. The lowest BCUT2D eigenvalue weighted by Crippen LogP contribution is -2.54. The lowest BCUT2D eigenvalue weighted by molar-refractivity contribution is 0.0107. The van der Waals surface area contributed by atoms with E-state index in [4.69, 9.17) is 0 Å². The van der Waals surface area contributed by atoms with Crippen LogP contribution in [0.1, 0.15) is 38.5 Å². The molecule has 4 aliphatic carbocycles. The molecule has 0 aromatic carbocycles. The molecule has 4 saturated carbocycles. The van der Waals surface area contributed by atoms with Crippen LogP contribution in [0.2, 0.25) is 0 Å². The second-order valence-corrected chi connectivity index (χ2v) is 6.69. The monoisotopic (exact) mass is 246 g/mol. The number of rotatable bonds is 2. The number of halogens is 1. The smallest absolute Gasteiger partial charge is 0.214 e. The summed E-state index contributed by atoms with van der Waals surface area (Å²) in [6, 6.07) is 3.42. The highest BCUT2D eigenvalue weighted by atomic mass is 19.1. The van der Waals surface area contributed by atoms with Gasteiger partial charge in [0.05, 0.1) is 0 Å². The molecule has 4 fully saturated rings. The van der Waals surface area contributed by atoms with Gasteiger partial charge in [-0.15, -0.1) is 0 Å². The van der Waals surface area contributed by atoms with Gasteiger partial charge >= 0.3 is 0 Å². The molecule has 1 aromatic rings. The largest absolute Gasteiger partial charge is 0.379 e. The summed E-state index contributed by atoms with van der Waals surface area (Å²) in [4.78, 5) is 3.63. The zero-order chi connectivity index (χ0) is 12.2. The number of nitrogens with one attached hydrogen (secondary N) is 1. The maximum absolute atomic E-state index is 13.2. The van der Waals surface area contributed by atoms with Gasteiger partial charge in [0.15, 0.2) is 0 Å². The van der Waals surface area contributed by atoms with Crippen LogP contribution in [0.3, 0.4) is 0 Å². The minimum Gasteiger partial charge on any atom is -0.379 e. The van der Waals surface area contributed by atoms with E-state index in [9.17, 15) is 4.39 Å². The Morgan fingerprint density at radius 2 is 1.72 bits per heavy atom. The molecule has 1 heterocycles. The second kappa shape index (κ2) is 3.69. The molecule has 96 valence electrons. The number of hydrogen-bond donors (Lipinski definition) is 1. The first-order valence-electron chi connectivity index (χ1n) is 7.11. The van der Waals surface area contributed by atoms with Crippen molar-refractivity contribution in [2.75, 3.05) is 5.32 Å². The van der Waals surface area contributed by atoms with Gasteiger partial charge in [-0.3, -0.25) is 0 Å². The Kier molecular flexibility index (Phi) is 2.21. The van der Waals surface area contributed by atoms with Crippen molar-refractivity contribution in [3.05, 3.63) is 24.3 Å². The van der Waals surface area contributed by atoms with E-state index in [2.05, 4.69) is 10.3 Å². The zero-order valence-corrected chi connectivity index (χ0v) is 10.5. The minimum absolute atomic E-state index is 0.253. The van der Waals surface area contributed by atoms with Crippen molar-refractivity contribution >= 4 is 5.69 Å². The summed E-state index contributed by atoms with van der Waals surface area (Å²) in [5, 5.41) is 3.65. The maximum atomic E-state index is 13.2. The molecular formula is C15H19FN2. The Labute approximate surface area is 107 Å². The van der Waals surface area contributed by atoms with Crippen molar-refractivity contribution in [1.82, 2.24) is 4.98 Å². The molecule has 2 nitrogen and oxygen atoms in total. The summed E-state index contributed by atoms with van der Waals surface area (Å²) in [5.41, 5.74) is 1.16. The van der Waals surface area contributed by atoms with Gasteiger partial charge in [-0.25, -0.2) is 4.98 Å². The van der Waals surface area contributed by atoms with Gasteiger partial charge in [0.25, 0.3) is 0 Å². The van der Waals surface area contributed by atoms with E-state index >= 15 is 0 Å². The number of aromatic nitrogens is 1.